The Hall–Kier alpha value is 0.340. The van der Waals surface area contributed by atoms with Gasteiger partial charge in [-0.25, -0.2) is 4.31 Å². The van der Waals surface area contributed by atoms with Crippen molar-refractivity contribution in [3.63, 3.8) is 0 Å². The van der Waals surface area contributed by atoms with E-state index in [0.717, 1.165) is 0 Å². The van der Waals surface area contributed by atoms with Crippen LogP contribution in [0, 0.1) is 10.8 Å². The van der Waals surface area contributed by atoms with Gasteiger partial charge in [-0.15, -0.1) is 0 Å². The Bertz CT molecular complexity index is 394. The van der Waals surface area contributed by atoms with Gasteiger partial charge in [0.1, 0.15) is 0 Å². The first-order valence-electron chi connectivity index (χ1n) is 7.19. The standard InChI is InChI=1S/C14H32O5P2/c1-11(13(3,4)5)17-20(9,15)19-21(10,16)18-12(2)14(6,7)8/h11-12H,1-10H3. The van der Waals surface area contributed by atoms with E-state index < -0.39 is 15.2 Å². The van der Waals surface area contributed by atoms with Crippen LogP contribution >= 0.6 is 15.2 Å². The second-order valence-electron chi connectivity index (χ2n) is 7.85. The van der Waals surface area contributed by atoms with E-state index in [1.807, 2.05) is 55.4 Å². The van der Waals surface area contributed by atoms with Crippen molar-refractivity contribution in [3.8, 4) is 0 Å². The molecule has 0 saturated carbocycles. The van der Waals surface area contributed by atoms with Crippen LogP contribution in [0.4, 0.5) is 0 Å². The largest absolute Gasteiger partial charge is 0.335 e. The van der Waals surface area contributed by atoms with E-state index in [0.29, 0.717) is 0 Å². The molecule has 0 aliphatic carbocycles. The van der Waals surface area contributed by atoms with E-state index in [1.54, 1.807) is 0 Å². The lowest BCUT2D eigenvalue weighted by atomic mass is 9.91. The summed E-state index contributed by atoms with van der Waals surface area (Å²) in [4.78, 5) is 0. The summed E-state index contributed by atoms with van der Waals surface area (Å²) in [7, 11) is -6.93. The minimum Gasteiger partial charge on any atom is -0.305 e. The highest BCUT2D eigenvalue weighted by Gasteiger charge is 2.36. The molecule has 5 nitrogen and oxygen atoms in total. The molecule has 0 heterocycles. The van der Waals surface area contributed by atoms with Crippen molar-refractivity contribution in [2.45, 2.75) is 67.6 Å². The Labute approximate surface area is 130 Å². The molecule has 128 valence electrons. The Kier molecular flexibility index (Phi) is 6.96. The lowest BCUT2D eigenvalue weighted by molar-refractivity contribution is 0.0760. The zero-order valence-corrected chi connectivity index (χ0v) is 16.9. The van der Waals surface area contributed by atoms with E-state index in [-0.39, 0.29) is 23.0 Å². The topological polar surface area (TPSA) is 61.8 Å². The average Bonchev–Trinajstić information content (AvgIpc) is 2.09. The molecule has 0 N–H and O–H groups in total. The smallest absolute Gasteiger partial charge is 0.305 e. The molecule has 0 aromatic rings. The van der Waals surface area contributed by atoms with E-state index >= 15 is 0 Å². The van der Waals surface area contributed by atoms with Gasteiger partial charge < -0.3 is 9.05 Å². The summed E-state index contributed by atoms with van der Waals surface area (Å²) >= 11 is 0. The normalized spacial score (nSPS) is 22.2. The summed E-state index contributed by atoms with van der Waals surface area (Å²) in [5.74, 6) is 0. The second kappa shape index (κ2) is 6.84. The molecule has 21 heavy (non-hydrogen) atoms. The van der Waals surface area contributed by atoms with Crippen molar-refractivity contribution < 1.29 is 22.5 Å². The van der Waals surface area contributed by atoms with Gasteiger partial charge in [-0.1, -0.05) is 41.5 Å². The summed E-state index contributed by atoms with van der Waals surface area (Å²) in [5.41, 5.74) is -0.376. The fourth-order valence-corrected chi connectivity index (χ4v) is 5.44. The summed E-state index contributed by atoms with van der Waals surface area (Å²) in [6.45, 7) is 18.1. The molecule has 0 aromatic carbocycles. The number of hydrogen-bond acceptors (Lipinski definition) is 5. The quantitative estimate of drug-likeness (QED) is 0.592. The maximum absolute atomic E-state index is 12.4. The van der Waals surface area contributed by atoms with Crippen LogP contribution in [0.15, 0.2) is 0 Å². The van der Waals surface area contributed by atoms with Gasteiger partial charge in [0, 0.05) is 13.3 Å². The van der Waals surface area contributed by atoms with Gasteiger partial charge in [0.25, 0.3) is 0 Å². The third-order valence-corrected chi connectivity index (χ3v) is 7.21. The molecular formula is C14H32O5P2. The summed E-state index contributed by atoms with van der Waals surface area (Å²) < 4.78 is 41.0. The molecule has 0 bridgehead atoms. The predicted molar refractivity (Wildman–Crippen MR) is 88.2 cm³/mol. The van der Waals surface area contributed by atoms with Crippen molar-refractivity contribution in [2.75, 3.05) is 13.3 Å². The monoisotopic (exact) mass is 342 g/mol. The first-order valence-corrected chi connectivity index (χ1v) is 11.2. The van der Waals surface area contributed by atoms with Crippen molar-refractivity contribution in [1.29, 1.82) is 0 Å². The summed E-state index contributed by atoms with van der Waals surface area (Å²) in [5, 5.41) is 0. The lowest BCUT2D eigenvalue weighted by Crippen LogP contribution is -2.26. The zero-order chi connectivity index (χ0) is 17.3. The summed E-state index contributed by atoms with van der Waals surface area (Å²) in [6, 6.07) is 0. The van der Waals surface area contributed by atoms with Crippen LogP contribution in [-0.4, -0.2) is 25.5 Å². The molecule has 0 aromatic heterocycles. The molecular weight excluding hydrogens is 310 g/mol. The second-order valence-corrected chi connectivity index (χ2v) is 12.0. The van der Waals surface area contributed by atoms with Crippen molar-refractivity contribution >= 4 is 15.2 Å². The number of rotatable bonds is 6. The van der Waals surface area contributed by atoms with Gasteiger partial charge in [-0.05, 0) is 24.7 Å². The molecule has 7 heteroatoms. The van der Waals surface area contributed by atoms with Gasteiger partial charge in [-0.2, -0.15) is 0 Å². The van der Waals surface area contributed by atoms with Crippen LogP contribution in [0.5, 0.6) is 0 Å². The van der Waals surface area contributed by atoms with E-state index in [4.69, 9.17) is 13.4 Å². The molecule has 0 aliphatic rings. The Morgan fingerprint density at radius 2 is 0.952 bits per heavy atom. The highest BCUT2D eigenvalue weighted by atomic mass is 31.3. The Balaban J connectivity index is 4.85. The lowest BCUT2D eigenvalue weighted by Gasteiger charge is -2.32. The molecule has 0 saturated heterocycles. The molecule has 0 rings (SSSR count). The molecule has 0 fully saturated rings. The van der Waals surface area contributed by atoms with Gasteiger partial charge in [0.05, 0.1) is 12.2 Å². The predicted octanol–water partition coefficient (Wildman–Crippen LogP) is 5.55. The SMILES string of the molecule is CC(OP(C)(=O)OP(C)(=O)OC(C)C(C)(C)C)C(C)(C)C. The van der Waals surface area contributed by atoms with Gasteiger partial charge in [0.2, 0.25) is 0 Å². The number of hydrogen-bond donors (Lipinski definition) is 0. The molecule has 0 spiro atoms. The first-order chi connectivity index (χ1) is 8.96. The van der Waals surface area contributed by atoms with E-state index in [2.05, 4.69) is 0 Å². The summed E-state index contributed by atoms with van der Waals surface area (Å²) in [6.07, 6.45) is -0.596. The molecule has 0 radical (unpaired) electrons. The zero-order valence-electron chi connectivity index (χ0n) is 15.1. The average molecular weight is 342 g/mol. The van der Waals surface area contributed by atoms with Gasteiger partial charge in [-0.3, -0.25) is 9.13 Å². The van der Waals surface area contributed by atoms with Crippen molar-refractivity contribution in [3.05, 3.63) is 0 Å². The fraction of sp³-hybridized carbons (Fsp3) is 1.00. The fourth-order valence-electron chi connectivity index (χ4n) is 1.20. The molecule has 0 aliphatic heterocycles. The minimum atomic E-state index is -3.46. The van der Waals surface area contributed by atoms with E-state index in [9.17, 15) is 9.13 Å². The van der Waals surface area contributed by atoms with Gasteiger partial charge >= 0.3 is 15.2 Å². The maximum atomic E-state index is 12.4. The molecule has 0 amide bonds. The third kappa shape index (κ3) is 8.52. The minimum absolute atomic E-state index is 0.188. The Morgan fingerprint density at radius 1 is 0.714 bits per heavy atom. The molecule has 4 unspecified atom stereocenters. The van der Waals surface area contributed by atoms with Crippen LogP contribution in [-0.2, 0) is 22.5 Å². The maximum Gasteiger partial charge on any atom is 0.335 e. The van der Waals surface area contributed by atoms with Crippen LogP contribution in [0.25, 0.3) is 0 Å². The Morgan fingerprint density at radius 3 is 1.14 bits per heavy atom. The van der Waals surface area contributed by atoms with Crippen LogP contribution < -0.4 is 0 Å². The van der Waals surface area contributed by atoms with Crippen molar-refractivity contribution in [2.24, 2.45) is 10.8 Å². The van der Waals surface area contributed by atoms with Gasteiger partial charge in [0.15, 0.2) is 0 Å². The molecule has 4 atom stereocenters. The first kappa shape index (κ1) is 21.3. The van der Waals surface area contributed by atoms with Crippen LogP contribution in [0.3, 0.4) is 0 Å². The highest BCUT2D eigenvalue weighted by Crippen LogP contribution is 2.63. The van der Waals surface area contributed by atoms with Crippen LogP contribution in [0.1, 0.15) is 55.4 Å². The van der Waals surface area contributed by atoms with Crippen molar-refractivity contribution in [1.82, 2.24) is 0 Å². The van der Waals surface area contributed by atoms with Crippen LogP contribution in [0.2, 0.25) is 0 Å². The third-order valence-electron chi connectivity index (χ3n) is 3.43. The van der Waals surface area contributed by atoms with E-state index in [1.165, 1.54) is 13.3 Å². The highest BCUT2D eigenvalue weighted by molar-refractivity contribution is 7.66.